The Bertz CT molecular complexity index is 883. The van der Waals surface area contributed by atoms with Crippen LogP contribution in [0.15, 0.2) is 91.0 Å². The number of rotatable bonds is 4. The van der Waals surface area contributed by atoms with Crippen molar-refractivity contribution >= 4 is 11.7 Å². The van der Waals surface area contributed by atoms with Gasteiger partial charge in [-0.2, -0.15) is 0 Å². The van der Waals surface area contributed by atoms with E-state index in [1.165, 1.54) is 7.11 Å². The SMILES string of the molecule is COC(=O)[C@@H]1[C@@H](c2ccccc2)N(c2ccccc2)O[C@H]1c1ccccc1. The zero-order valence-electron chi connectivity index (χ0n) is 15.1. The minimum atomic E-state index is -0.486. The van der Waals surface area contributed by atoms with Crippen molar-refractivity contribution in [3.05, 3.63) is 102 Å². The summed E-state index contributed by atoms with van der Waals surface area (Å²) in [7, 11) is 1.43. The van der Waals surface area contributed by atoms with E-state index in [1.807, 2.05) is 96.1 Å². The molecular formula is C23H21NO3. The van der Waals surface area contributed by atoms with E-state index in [0.717, 1.165) is 16.8 Å². The summed E-state index contributed by atoms with van der Waals surface area (Å²) in [6.07, 6.45) is -0.427. The highest BCUT2D eigenvalue weighted by Gasteiger charge is 2.49. The number of anilines is 1. The van der Waals surface area contributed by atoms with Gasteiger partial charge in [-0.05, 0) is 23.3 Å². The number of esters is 1. The molecule has 3 aromatic rings. The molecule has 1 aliphatic rings. The number of carbonyl (C=O) groups excluding carboxylic acids is 1. The van der Waals surface area contributed by atoms with Gasteiger partial charge in [-0.3, -0.25) is 9.63 Å². The van der Waals surface area contributed by atoms with Crippen molar-refractivity contribution in [1.29, 1.82) is 0 Å². The van der Waals surface area contributed by atoms with Crippen LogP contribution >= 0.6 is 0 Å². The summed E-state index contributed by atoms with van der Waals surface area (Å²) < 4.78 is 5.18. The number of ether oxygens (including phenoxy) is 1. The van der Waals surface area contributed by atoms with Gasteiger partial charge < -0.3 is 4.74 Å². The van der Waals surface area contributed by atoms with Gasteiger partial charge in [0.05, 0.1) is 18.8 Å². The van der Waals surface area contributed by atoms with Crippen molar-refractivity contribution in [3.63, 3.8) is 0 Å². The first-order valence-corrected chi connectivity index (χ1v) is 8.98. The van der Waals surface area contributed by atoms with Crippen molar-refractivity contribution in [2.75, 3.05) is 12.2 Å². The van der Waals surface area contributed by atoms with Gasteiger partial charge in [0.2, 0.25) is 0 Å². The van der Waals surface area contributed by atoms with Gasteiger partial charge in [0.15, 0.2) is 0 Å². The van der Waals surface area contributed by atoms with Gasteiger partial charge in [-0.25, -0.2) is 5.06 Å². The van der Waals surface area contributed by atoms with Crippen LogP contribution in [0, 0.1) is 5.92 Å². The van der Waals surface area contributed by atoms with Crippen LogP contribution in [0.2, 0.25) is 0 Å². The molecule has 1 saturated heterocycles. The first-order chi connectivity index (χ1) is 13.3. The van der Waals surface area contributed by atoms with E-state index in [-0.39, 0.29) is 12.0 Å². The van der Waals surface area contributed by atoms with E-state index < -0.39 is 12.0 Å². The fourth-order valence-electron chi connectivity index (χ4n) is 3.65. The zero-order valence-corrected chi connectivity index (χ0v) is 15.1. The molecule has 0 aromatic heterocycles. The third kappa shape index (κ3) is 3.32. The number of benzene rings is 3. The van der Waals surface area contributed by atoms with E-state index in [4.69, 9.17) is 9.57 Å². The number of carbonyl (C=O) groups is 1. The number of hydroxylamine groups is 1. The maximum Gasteiger partial charge on any atom is 0.314 e. The summed E-state index contributed by atoms with van der Waals surface area (Å²) in [5.41, 5.74) is 2.86. The maximum absolute atomic E-state index is 12.8. The summed E-state index contributed by atoms with van der Waals surface area (Å²) in [6.45, 7) is 0. The largest absolute Gasteiger partial charge is 0.469 e. The molecule has 0 aliphatic carbocycles. The van der Waals surface area contributed by atoms with E-state index in [2.05, 4.69) is 0 Å². The minimum Gasteiger partial charge on any atom is -0.469 e. The number of nitrogens with zero attached hydrogens (tertiary/aromatic N) is 1. The molecule has 0 saturated carbocycles. The van der Waals surface area contributed by atoms with Crippen molar-refractivity contribution in [3.8, 4) is 0 Å². The van der Waals surface area contributed by atoms with Crippen LogP contribution in [0.5, 0.6) is 0 Å². The smallest absolute Gasteiger partial charge is 0.314 e. The van der Waals surface area contributed by atoms with E-state index >= 15 is 0 Å². The molecule has 0 spiro atoms. The van der Waals surface area contributed by atoms with Gasteiger partial charge in [-0.1, -0.05) is 78.9 Å². The molecule has 0 bridgehead atoms. The molecule has 4 rings (SSSR count). The van der Waals surface area contributed by atoms with Gasteiger partial charge in [0, 0.05) is 0 Å². The van der Waals surface area contributed by atoms with E-state index in [0.29, 0.717) is 0 Å². The molecule has 0 amide bonds. The fraction of sp³-hybridized carbons (Fsp3) is 0.174. The Kier molecular flexibility index (Phi) is 4.90. The normalized spacial score (nSPS) is 21.8. The predicted octanol–water partition coefficient (Wildman–Crippen LogP) is 4.71. The van der Waals surface area contributed by atoms with Crippen LogP contribution in [-0.4, -0.2) is 13.1 Å². The average Bonchev–Trinajstić information content (AvgIpc) is 3.16. The molecule has 0 radical (unpaired) electrons. The van der Waals surface area contributed by atoms with Crippen LogP contribution in [0.25, 0.3) is 0 Å². The number of hydrogen-bond acceptors (Lipinski definition) is 4. The van der Waals surface area contributed by atoms with Crippen LogP contribution in [-0.2, 0) is 14.4 Å². The topological polar surface area (TPSA) is 38.8 Å². The molecule has 0 N–H and O–H groups in total. The zero-order chi connectivity index (χ0) is 18.6. The highest BCUT2D eigenvalue weighted by Crippen LogP contribution is 2.49. The molecular weight excluding hydrogens is 338 g/mol. The first-order valence-electron chi connectivity index (χ1n) is 8.98. The Balaban J connectivity index is 1.84. The van der Waals surface area contributed by atoms with Gasteiger partial charge in [-0.15, -0.1) is 0 Å². The fourth-order valence-corrected chi connectivity index (χ4v) is 3.65. The van der Waals surface area contributed by atoms with E-state index in [1.54, 1.807) is 0 Å². The monoisotopic (exact) mass is 359 g/mol. The summed E-state index contributed by atoms with van der Waals surface area (Å²) in [6, 6.07) is 29.4. The van der Waals surface area contributed by atoms with Gasteiger partial charge >= 0.3 is 5.97 Å². The lowest BCUT2D eigenvalue weighted by Crippen LogP contribution is -2.29. The van der Waals surface area contributed by atoms with Crippen LogP contribution in [0.1, 0.15) is 23.3 Å². The molecule has 4 nitrogen and oxygen atoms in total. The second-order valence-electron chi connectivity index (χ2n) is 6.50. The Morgan fingerprint density at radius 2 is 1.33 bits per heavy atom. The standard InChI is InChI=1S/C23H21NO3/c1-26-23(25)20-21(17-11-5-2-6-12-17)24(19-15-9-4-10-16-19)27-22(20)18-13-7-3-8-14-18/h2-16,20-22H,1H3/t20-,21-,22+/m1/s1. The molecule has 3 atom stereocenters. The van der Waals surface area contributed by atoms with Crippen molar-refractivity contribution < 1.29 is 14.4 Å². The molecule has 27 heavy (non-hydrogen) atoms. The summed E-state index contributed by atoms with van der Waals surface area (Å²) in [4.78, 5) is 19.2. The third-order valence-electron chi connectivity index (χ3n) is 4.90. The molecule has 1 aliphatic heterocycles. The lowest BCUT2D eigenvalue weighted by atomic mass is 9.86. The van der Waals surface area contributed by atoms with E-state index in [9.17, 15) is 4.79 Å². The lowest BCUT2D eigenvalue weighted by molar-refractivity contribution is -0.147. The highest BCUT2D eigenvalue weighted by atomic mass is 16.7. The summed E-state index contributed by atoms with van der Waals surface area (Å²) >= 11 is 0. The summed E-state index contributed by atoms with van der Waals surface area (Å²) in [5.74, 6) is -0.767. The van der Waals surface area contributed by atoms with Crippen molar-refractivity contribution in [1.82, 2.24) is 0 Å². The van der Waals surface area contributed by atoms with Crippen LogP contribution in [0.4, 0.5) is 5.69 Å². The van der Waals surface area contributed by atoms with Crippen molar-refractivity contribution in [2.24, 2.45) is 5.92 Å². The average molecular weight is 359 g/mol. The second kappa shape index (κ2) is 7.64. The molecule has 136 valence electrons. The molecule has 4 heteroatoms. The Morgan fingerprint density at radius 1 is 0.815 bits per heavy atom. The third-order valence-corrected chi connectivity index (χ3v) is 4.90. The maximum atomic E-state index is 12.8. The molecule has 1 heterocycles. The summed E-state index contributed by atoms with van der Waals surface area (Å²) in [5, 5.41) is 1.84. The Labute approximate surface area is 158 Å². The number of hydrogen-bond donors (Lipinski definition) is 0. The highest BCUT2D eigenvalue weighted by molar-refractivity contribution is 5.76. The second-order valence-corrected chi connectivity index (χ2v) is 6.50. The first kappa shape index (κ1) is 17.3. The van der Waals surface area contributed by atoms with Crippen LogP contribution in [0.3, 0.4) is 0 Å². The lowest BCUT2D eigenvalue weighted by Gasteiger charge is -2.26. The Hall–Kier alpha value is -3.11. The molecule has 3 aromatic carbocycles. The number of methoxy groups -OCH3 is 1. The van der Waals surface area contributed by atoms with Gasteiger partial charge in [0.1, 0.15) is 12.0 Å². The van der Waals surface area contributed by atoms with Gasteiger partial charge in [0.25, 0.3) is 0 Å². The quantitative estimate of drug-likeness (QED) is 0.633. The van der Waals surface area contributed by atoms with Crippen molar-refractivity contribution in [2.45, 2.75) is 12.1 Å². The molecule has 1 fully saturated rings. The Morgan fingerprint density at radius 3 is 1.89 bits per heavy atom. The number of para-hydroxylation sites is 1. The predicted molar refractivity (Wildman–Crippen MR) is 104 cm³/mol. The minimum absolute atomic E-state index is 0.281. The molecule has 0 unspecified atom stereocenters. The van der Waals surface area contributed by atoms with Crippen LogP contribution < -0.4 is 5.06 Å².